The molecule has 92 valence electrons. The second kappa shape index (κ2) is 8.25. The Hall–Kier alpha value is -0.930. The zero-order valence-electron chi connectivity index (χ0n) is 10.7. The Morgan fingerprint density at radius 3 is 2.56 bits per heavy atom. The SMILES string of the molecule is C=NC(/C(=C/COC)CO)C(C)/C(C)=C/C. The Kier molecular flexibility index (Phi) is 7.77. The van der Waals surface area contributed by atoms with Crippen LogP contribution in [-0.4, -0.2) is 38.2 Å². The first-order chi connectivity index (χ1) is 7.62. The quantitative estimate of drug-likeness (QED) is 0.533. The summed E-state index contributed by atoms with van der Waals surface area (Å²) in [6, 6.07) is -0.0728. The first-order valence-electron chi connectivity index (χ1n) is 5.49. The summed E-state index contributed by atoms with van der Waals surface area (Å²) >= 11 is 0. The largest absolute Gasteiger partial charge is 0.392 e. The normalized spacial score (nSPS) is 17.1. The molecule has 0 saturated carbocycles. The molecular weight excluding hydrogens is 202 g/mol. The van der Waals surface area contributed by atoms with Gasteiger partial charge >= 0.3 is 0 Å². The van der Waals surface area contributed by atoms with Gasteiger partial charge in [-0.15, -0.1) is 0 Å². The van der Waals surface area contributed by atoms with E-state index >= 15 is 0 Å². The number of aliphatic hydroxyl groups is 1. The Labute approximate surface area is 98.5 Å². The summed E-state index contributed by atoms with van der Waals surface area (Å²) in [6.07, 6.45) is 3.94. The van der Waals surface area contributed by atoms with Crippen LogP contribution in [0.4, 0.5) is 0 Å². The average Bonchev–Trinajstić information content (AvgIpc) is 2.32. The van der Waals surface area contributed by atoms with Gasteiger partial charge in [-0.05, 0) is 26.1 Å². The van der Waals surface area contributed by atoms with E-state index in [1.807, 2.05) is 13.0 Å². The fourth-order valence-electron chi connectivity index (χ4n) is 1.58. The third-order valence-corrected chi connectivity index (χ3v) is 2.92. The molecule has 2 unspecified atom stereocenters. The highest BCUT2D eigenvalue weighted by Crippen LogP contribution is 2.22. The van der Waals surface area contributed by atoms with Crippen molar-refractivity contribution >= 4 is 6.72 Å². The van der Waals surface area contributed by atoms with Crippen molar-refractivity contribution in [3.05, 3.63) is 23.3 Å². The lowest BCUT2D eigenvalue weighted by Gasteiger charge is -2.22. The average molecular weight is 225 g/mol. The number of ether oxygens (including phenoxy) is 1. The summed E-state index contributed by atoms with van der Waals surface area (Å²) in [4.78, 5) is 4.11. The maximum absolute atomic E-state index is 9.33. The third-order valence-electron chi connectivity index (χ3n) is 2.92. The number of rotatable bonds is 7. The molecule has 16 heavy (non-hydrogen) atoms. The number of methoxy groups -OCH3 is 1. The third kappa shape index (κ3) is 4.29. The van der Waals surface area contributed by atoms with E-state index in [1.54, 1.807) is 7.11 Å². The van der Waals surface area contributed by atoms with Gasteiger partial charge < -0.3 is 9.84 Å². The first-order valence-corrected chi connectivity index (χ1v) is 5.49. The molecule has 0 amide bonds. The van der Waals surface area contributed by atoms with Gasteiger partial charge in [0.25, 0.3) is 0 Å². The van der Waals surface area contributed by atoms with E-state index in [0.717, 1.165) is 5.57 Å². The fourth-order valence-corrected chi connectivity index (χ4v) is 1.58. The van der Waals surface area contributed by atoms with Crippen LogP contribution in [-0.2, 0) is 4.74 Å². The van der Waals surface area contributed by atoms with Gasteiger partial charge in [-0.1, -0.05) is 24.6 Å². The van der Waals surface area contributed by atoms with E-state index in [0.29, 0.717) is 6.61 Å². The zero-order chi connectivity index (χ0) is 12.6. The maximum Gasteiger partial charge on any atom is 0.0787 e. The second-order valence-corrected chi connectivity index (χ2v) is 3.84. The number of aliphatic imine (C=N–C) groups is 1. The van der Waals surface area contributed by atoms with E-state index < -0.39 is 0 Å². The Morgan fingerprint density at radius 1 is 1.56 bits per heavy atom. The minimum atomic E-state index is -0.0728. The molecule has 3 heteroatoms. The topological polar surface area (TPSA) is 41.8 Å². The van der Waals surface area contributed by atoms with E-state index in [-0.39, 0.29) is 18.6 Å². The van der Waals surface area contributed by atoms with Crippen LogP contribution < -0.4 is 0 Å². The monoisotopic (exact) mass is 225 g/mol. The van der Waals surface area contributed by atoms with Crippen LogP contribution in [0.1, 0.15) is 20.8 Å². The summed E-state index contributed by atoms with van der Waals surface area (Å²) in [7, 11) is 1.63. The molecule has 0 radical (unpaired) electrons. The Bertz CT molecular complexity index is 269. The minimum Gasteiger partial charge on any atom is -0.392 e. The number of hydrogen-bond acceptors (Lipinski definition) is 3. The van der Waals surface area contributed by atoms with Gasteiger partial charge in [0.1, 0.15) is 0 Å². The molecule has 1 N–H and O–H groups in total. The highest BCUT2D eigenvalue weighted by atomic mass is 16.5. The number of aliphatic hydroxyl groups excluding tert-OH is 1. The molecule has 0 aliphatic heterocycles. The van der Waals surface area contributed by atoms with Crippen LogP contribution in [0, 0.1) is 5.92 Å². The second-order valence-electron chi connectivity index (χ2n) is 3.84. The molecule has 0 spiro atoms. The predicted molar refractivity (Wildman–Crippen MR) is 69.0 cm³/mol. The molecule has 0 aromatic heterocycles. The van der Waals surface area contributed by atoms with Crippen molar-refractivity contribution in [2.24, 2.45) is 10.9 Å². The number of allylic oxidation sites excluding steroid dienone is 1. The molecule has 0 aliphatic carbocycles. The van der Waals surface area contributed by atoms with Gasteiger partial charge in [-0.2, -0.15) is 0 Å². The highest BCUT2D eigenvalue weighted by Gasteiger charge is 2.20. The minimum absolute atomic E-state index is 0.00557. The molecule has 0 saturated heterocycles. The van der Waals surface area contributed by atoms with Crippen LogP contribution in [0.15, 0.2) is 28.3 Å². The Balaban J connectivity index is 4.87. The smallest absolute Gasteiger partial charge is 0.0787 e. The molecule has 0 rings (SSSR count). The first kappa shape index (κ1) is 15.1. The molecule has 3 nitrogen and oxygen atoms in total. The van der Waals surface area contributed by atoms with Crippen molar-refractivity contribution in [3.63, 3.8) is 0 Å². The predicted octanol–water partition coefficient (Wildman–Crippen LogP) is 2.22. The van der Waals surface area contributed by atoms with Crippen molar-refractivity contribution in [1.29, 1.82) is 0 Å². The van der Waals surface area contributed by atoms with E-state index in [1.165, 1.54) is 5.57 Å². The van der Waals surface area contributed by atoms with Gasteiger partial charge in [0.05, 0.1) is 19.3 Å². The van der Waals surface area contributed by atoms with Crippen LogP contribution in [0.5, 0.6) is 0 Å². The highest BCUT2D eigenvalue weighted by molar-refractivity contribution is 5.30. The molecule has 0 aliphatic rings. The summed E-state index contributed by atoms with van der Waals surface area (Å²) in [6.45, 7) is 10.2. The van der Waals surface area contributed by atoms with Crippen molar-refractivity contribution in [1.82, 2.24) is 0 Å². The van der Waals surface area contributed by atoms with Crippen molar-refractivity contribution in [2.45, 2.75) is 26.8 Å². The summed E-state index contributed by atoms with van der Waals surface area (Å²) < 4.78 is 4.97. The molecule has 0 heterocycles. The van der Waals surface area contributed by atoms with Gasteiger partial charge in [0.15, 0.2) is 0 Å². The standard InChI is InChI=1S/C13H23NO2/c1-6-10(2)11(3)13(14-4)12(9-15)7-8-16-5/h6-7,11,13,15H,4,8-9H2,1-3,5H3/b10-6+,12-7+. The van der Waals surface area contributed by atoms with Crippen molar-refractivity contribution in [2.75, 3.05) is 20.3 Å². The lowest BCUT2D eigenvalue weighted by Crippen LogP contribution is -2.22. The van der Waals surface area contributed by atoms with Crippen molar-refractivity contribution in [3.8, 4) is 0 Å². The summed E-state index contributed by atoms with van der Waals surface area (Å²) in [5.41, 5.74) is 2.11. The maximum atomic E-state index is 9.33. The van der Waals surface area contributed by atoms with Crippen molar-refractivity contribution < 1.29 is 9.84 Å². The van der Waals surface area contributed by atoms with Gasteiger partial charge in [-0.3, -0.25) is 4.99 Å². The summed E-state index contributed by atoms with van der Waals surface area (Å²) in [5.74, 6) is 0.248. The zero-order valence-corrected chi connectivity index (χ0v) is 10.7. The van der Waals surface area contributed by atoms with E-state index in [9.17, 15) is 5.11 Å². The summed E-state index contributed by atoms with van der Waals surface area (Å²) in [5, 5.41) is 9.33. The van der Waals surface area contributed by atoms with E-state index in [4.69, 9.17) is 4.74 Å². The fraction of sp³-hybridized carbons (Fsp3) is 0.615. The molecule has 0 fully saturated rings. The van der Waals surface area contributed by atoms with Crippen LogP contribution >= 0.6 is 0 Å². The van der Waals surface area contributed by atoms with Gasteiger partial charge in [0.2, 0.25) is 0 Å². The molecule has 2 atom stereocenters. The van der Waals surface area contributed by atoms with Gasteiger partial charge in [0, 0.05) is 13.0 Å². The number of hydrogen-bond donors (Lipinski definition) is 1. The number of nitrogens with zero attached hydrogens (tertiary/aromatic N) is 1. The Morgan fingerprint density at radius 2 is 2.19 bits per heavy atom. The van der Waals surface area contributed by atoms with Crippen LogP contribution in [0.3, 0.4) is 0 Å². The molecule has 0 aromatic rings. The van der Waals surface area contributed by atoms with Crippen LogP contribution in [0.25, 0.3) is 0 Å². The van der Waals surface area contributed by atoms with Gasteiger partial charge in [-0.25, -0.2) is 0 Å². The molecule has 0 bridgehead atoms. The van der Waals surface area contributed by atoms with Crippen LogP contribution in [0.2, 0.25) is 0 Å². The molecule has 0 aromatic carbocycles. The molecular formula is C13H23NO2. The van der Waals surface area contributed by atoms with E-state index in [2.05, 4.69) is 31.6 Å². The lowest BCUT2D eigenvalue weighted by atomic mass is 9.89. The lowest BCUT2D eigenvalue weighted by molar-refractivity contribution is 0.230.